The average Bonchev–Trinajstić information content (AvgIpc) is 3.64. The zero-order valence-electron chi connectivity index (χ0n) is 25.4. The highest BCUT2D eigenvalue weighted by molar-refractivity contribution is 8.15. The largest absolute Gasteiger partial charge is 0.573 e. The Morgan fingerprint density at radius 3 is 2.43 bits per heavy atom. The zero-order valence-corrected chi connectivity index (χ0v) is 26.2. The molecule has 0 saturated carbocycles. The van der Waals surface area contributed by atoms with Gasteiger partial charge in [-0.05, 0) is 67.9 Å². The van der Waals surface area contributed by atoms with Crippen molar-refractivity contribution in [2.45, 2.75) is 33.0 Å². The van der Waals surface area contributed by atoms with Gasteiger partial charge >= 0.3 is 18.6 Å². The van der Waals surface area contributed by atoms with Crippen molar-refractivity contribution in [2.75, 3.05) is 22.6 Å². The number of anilines is 2. The van der Waals surface area contributed by atoms with E-state index in [1.54, 1.807) is 19.1 Å². The molecule has 0 bridgehead atoms. The second-order valence-electron chi connectivity index (χ2n) is 10.5. The van der Waals surface area contributed by atoms with E-state index in [1.807, 2.05) is 0 Å². The van der Waals surface area contributed by atoms with Gasteiger partial charge in [-0.1, -0.05) is 23.9 Å². The minimum Gasteiger partial charge on any atom is -0.406 e. The quantitative estimate of drug-likeness (QED) is 0.144. The van der Waals surface area contributed by atoms with Crippen LogP contribution in [0.15, 0.2) is 72.0 Å². The van der Waals surface area contributed by atoms with Crippen LogP contribution in [-0.2, 0) is 16.1 Å². The first-order valence-electron chi connectivity index (χ1n) is 14.1. The molecule has 0 spiro atoms. The van der Waals surface area contributed by atoms with Crippen molar-refractivity contribution in [1.29, 1.82) is 0 Å². The van der Waals surface area contributed by atoms with E-state index in [4.69, 9.17) is 4.74 Å². The molecule has 1 aliphatic rings. The van der Waals surface area contributed by atoms with Crippen LogP contribution < -0.4 is 15.0 Å². The molecular weight excluding hydrogens is 682 g/mol. The van der Waals surface area contributed by atoms with Crippen molar-refractivity contribution in [3.05, 3.63) is 83.7 Å². The first-order chi connectivity index (χ1) is 23.1. The molecule has 0 unspecified atom stereocenters. The van der Waals surface area contributed by atoms with Gasteiger partial charge in [0.05, 0.1) is 29.4 Å². The van der Waals surface area contributed by atoms with Gasteiger partial charge in [-0.2, -0.15) is 18.2 Å². The molecule has 1 aromatic heterocycles. The summed E-state index contributed by atoms with van der Waals surface area (Å²) < 4.78 is 85.4. The Morgan fingerprint density at radius 1 is 1.02 bits per heavy atom. The highest BCUT2D eigenvalue weighted by atomic mass is 32.2. The summed E-state index contributed by atoms with van der Waals surface area (Å²) in [6.07, 6.45) is -8.06. The summed E-state index contributed by atoms with van der Waals surface area (Å²) in [4.78, 5) is 47.9. The van der Waals surface area contributed by atoms with E-state index in [0.717, 1.165) is 28.8 Å². The topological polar surface area (TPSA) is 128 Å². The molecule has 1 saturated heterocycles. The molecule has 4 aromatic rings. The Balaban J connectivity index is 1.34. The molecule has 0 aliphatic carbocycles. The molecule has 5 rings (SSSR count). The van der Waals surface area contributed by atoms with Gasteiger partial charge in [0.2, 0.25) is 5.91 Å². The van der Waals surface area contributed by atoms with E-state index >= 15 is 0 Å². The molecule has 1 fully saturated rings. The maximum Gasteiger partial charge on any atom is 0.573 e. The SMILES string of the molecule is CC(=O)c1cc(-c2ncn(-c3ccc(OC(F)(F)F)cc3)n2)ccc1NC(=O)N=C1SCC(=O)N1c1cc(C)ccc1COCC(F)(F)F. The second kappa shape index (κ2) is 14.1. The minimum absolute atomic E-state index is 0.0288. The number of benzene rings is 3. The van der Waals surface area contributed by atoms with Crippen LogP contribution in [0.3, 0.4) is 0 Å². The molecule has 256 valence electrons. The molecule has 1 N–H and O–H groups in total. The number of nitrogens with one attached hydrogen (secondary N) is 1. The molecule has 1 aliphatic heterocycles. The molecule has 11 nitrogen and oxygen atoms in total. The fraction of sp³-hybridized carbons (Fsp3) is 0.226. The summed E-state index contributed by atoms with van der Waals surface area (Å²) in [7, 11) is 0. The number of ether oxygens (including phenoxy) is 2. The van der Waals surface area contributed by atoms with E-state index in [2.05, 4.69) is 25.1 Å². The third-order valence-electron chi connectivity index (χ3n) is 6.69. The smallest absolute Gasteiger partial charge is 0.406 e. The maximum atomic E-state index is 13.1. The number of rotatable bonds is 9. The third kappa shape index (κ3) is 9.02. The molecule has 0 atom stereocenters. The van der Waals surface area contributed by atoms with Crippen LogP contribution >= 0.6 is 11.8 Å². The van der Waals surface area contributed by atoms with Crippen molar-refractivity contribution in [3.8, 4) is 22.8 Å². The number of aliphatic imine (C=N–C) groups is 1. The standard InChI is InChI=1S/C31H24F6N6O5S/c1-17-3-4-20(13-47-15-30(32,33)34)25(11-17)43-26(45)14-49-29(43)40-28(46)39-24-10-5-19(12-23(24)18(2)44)27-38-16-42(41-27)21-6-8-22(9-7-21)48-31(35,36)37/h3-12,16H,13-15H2,1-2H3,(H,39,46). The number of alkyl halides is 6. The molecule has 0 radical (unpaired) electrons. The minimum atomic E-state index is -4.84. The number of aryl methyl sites for hydroxylation is 1. The van der Waals surface area contributed by atoms with Gasteiger partial charge in [0.25, 0.3) is 0 Å². The molecular formula is C31H24F6N6O5S. The number of aromatic nitrogens is 3. The van der Waals surface area contributed by atoms with Gasteiger partial charge in [-0.3, -0.25) is 14.5 Å². The highest BCUT2D eigenvalue weighted by Gasteiger charge is 2.33. The van der Waals surface area contributed by atoms with E-state index in [1.165, 1.54) is 54.3 Å². The average molecular weight is 707 g/mol. The van der Waals surface area contributed by atoms with Crippen LogP contribution in [0.25, 0.3) is 17.1 Å². The lowest BCUT2D eigenvalue weighted by Gasteiger charge is -2.21. The van der Waals surface area contributed by atoms with Crippen LogP contribution in [-0.4, -0.2) is 62.6 Å². The third-order valence-corrected chi connectivity index (χ3v) is 7.62. The monoisotopic (exact) mass is 706 g/mol. The number of halogens is 6. The maximum absolute atomic E-state index is 13.1. The predicted octanol–water partition coefficient (Wildman–Crippen LogP) is 7.09. The van der Waals surface area contributed by atoms with Gasteiger partial charge in [-0.15, -0.1) is 18.3 Å². The predicted molar refractivity (Wildman–Crippen MR) is 167 cm³/mol. The molecule has 49 heavy (non-hydrogen) atoms. The van der Waals surface area contributed by atoms with E-state index in [9.17, 15) is 40.7 Å². The molecule has 3 amide bonds. The summed E-state index contributed by atoms with van der Waals surface area (Å²) in [5, 5.41) is 6.82. The van der Waals surface area contributed by atoms with E-state index in [-0.39, 0.29) is 39.2 Å². The van der Waals surface area contributed by atoms with Crippen LogP contribution in [0.1, 0.15) is 28.4 Å². The lowest BCUT2D eigenvalue weighted by Crippen LogP contribution is -2.31. The van der Waals surface area contributed by atoms with Crippen molar-refractivity contribution in [2.24, 2.45) is 4.99 Å². The van der Waals surface area contributed by atoms with Crippen LogP contribution in [0, 0.1) is 6.92 Å². The van der Waals surface area contributed by atoms with Gasteiger partial charge in [0.15, 0.2) is 16.8 Å². The van der Waals surface area contributed by atoms with Crippen molar-refractivity contribution >= 4 is 46.0 Å². The number of amides is 3. The Labute approximate surface area is 277 Å². The van der Waals surface area contributed by atoms with Crippen molar-refractivity contribution in [1.82, 2.24) is 14.8 Å². The lowest BCUT2D eigenvalue weighted by atomic mass is 10.0. The van der Waals surface area contributed by atoms with Gasteiger partial charge in [-0.25, -0.2) is 14.5 Å². The van der Waals surface area contributed by atoms with Crippen LogP contribution in [0.2, 0.25) is 0 Å². The summed E-state index contributed by atoms with van der Waals surface area (Å²) >= 11 is 0.951. The number of carbonyl (C=O) groups is 3. The van der Waals surface area contributed by atoms with Gasteiger partial charge in [0, 0.05) is 16.7 Å². The number of Topliss-reactive ketones (excluding diaryl/α,β-unsaturated/α-hetero) is 1. The van der Waals surface area contributed by atoms with Crippen molar-refractivity contribution in [3.63, 3.8) is 0 Å². The number of nitrogens with zero attached hydrogens (tertiary/aromatic N) is 5. The number of hydrogen-bond acceptors (Lipinski definition) is 8. The number of amidine groups is 1. The Hall–Kier alpha value is -5.23. The fourth-order valence-electron chi connectivity index (χ4n) is 4.60. The fourth-order valence-corrected chi connectivity index (χ4v) is 5.45. The normalized spacial score (nSPS) is 14.4. The number of ketones is 1. The summed E-state index contributed by atoms with van der Waals surface area (Å²) in [5.74, 6) is -1.21. The highest BCUT2D eigenvalue weighted by Crippen LogP contribution is 2.32. The summed E-state index contributed by atoms with van der Waals surface area (Å²) in [6, 6.07) is 13.1. The van der Waals surface area contributed by atoms with Crippen LogP contribution in [0.5, 0.6) is 5.75 Å². The molecule has 18 heteroatoms. The summed E-state index contributed by atoms with van der Waals surface area (Å²) in [6.45, 7) is 1.06. The van der Waals surface area contributed by atoms with Crippen LogP contribution in [0.4, 0.5) is 42.5 Å². The van der Waals surface area contributed by atoms with E-state index in [0.29, 0.717) is 16.8 Å². The molecule has 3 aromatic carbocycles. The first-order valence-corrected chi connectivity index (χ1v) is 15.1. The number of urea groups is 1. The number of carbonyl (C=O) groups excluding carboxylic acids is 3. The summed E-state index contributed by atoms with van der Waals surface area (Å²) in [5.41, 5.74) is 2.11. The zero-order chi connectivity index (χ0) is 35.5. The Kier molecular flexibility index (Phi) is 10.1. The Morgan fingerprint density at radius 2 is 1.76 bits per heavy atom. The number of thioether (sulfide) groups is 1. The molecule has 2 heterocycles. The van der Waals surface area contributed by atoms with Gasteiger partial charge < -0.3 is 14.8 Å². The second-order valence-corrected chi connectivity index (χ2v) is 11.4. The van der Waals surface area contributed by atoms with Gasteiger partial charge in [0.1, 0.15) is 18.7 Å². The van der Waals surface area contributed by atoms with E-state index < -0.39 is 49.2 Å². The number of hydrogen-bond donors (Lipinski definition) is 1. The van der Waals surface area contributed by atoms with Crippen molar-refractivity contribution < 1.29 is 50.2 Å². The lowest BCUT2D eigenvalue weighted by molar-refractivity contribution is -0.274. The first kappa shape index (κ1) is 35.1. The Bertz CT molecular complexity index is 1930.